The van der Waals surface area contributed by atoms with Crippen LogP contribution in [0.25, 0.3) is 0 Å². The fourth-order valence-corrected chi connectivity index (χ4v) is 3.46. The largest absolute Gasteiger partial charge is 0.478 e. The molecule has 0 aliphatic rings. The van der Waals surface area contributed by atoms with Crippen LogP contribution in [0.2, 0.25) is 0 Å². The Kier molecular flexibility index (Phi) is 7.40. The first kappa shape index (κ1) is 21.8. The van der Waals surface area contributed by atoms with Gasteiger partial charge in [-0.15, -0.1) is 10.2 Å². The Bertz CT molecular complexity index is 989. The predicted octanol–water partition coefficient (Wildman–Crippen LogP) is 4.12. The molecular formula is C21H26N6O2S. The standard InChI is InChI=1S/C21H26N6O2S/c1-13-7-8-17(22-11-13)14(2)6-5-9-29-19-10-18(24-21(25-19)15(3)28)23-12-20-27-26-16(4)30-20/h7-8,10-11,14H,5-6,9,12H2,1-4H3,(H,23,24,25)/t14-/m1/s1. The number of aryl methyl sites for hydroxylation is 2. The second-order valence-electron chi connectivity index (χ2n) is 7.19. The first-order chi connectivity index (χ1) is 14.4. The Balaban J connectivity index is 1.55. The van der Waals surface area contributed by atoms with E-state index in [2.05, 4.69) is 49.5 Å². The lowest BCUT2D eigenvalue weighted by molar-refractivity contribution is 0.100. The minimum Gasteiger partial charge on any atom is -0.478 e. The number of pyridine rings is 1. The first-order valence-corrected chi connectivity index (χ1v) is 10.7. The number of aromatic nitrogens is 5. The summed E-state index contributed by atoms with van der Waals surface area (Å²) in [5, 5.41) is 13.0. The molecule has 3 heterocycles. The third kappa shape index (κ3) is 6.28. The van der Waals surface area contributed by atoms with E-state index in [1.165, 1.54) is 18.3 Å². The number of hydrogen-bond acceptors (Lipinski definition) is 9. The number of carbonyl (C=O) groups excluding carboxylic acids is 1. The van der Waals surface area contributed by atoms with E-state index in [0.717, 1.165) is 34.1 Å². The number of hydrogen-bond donors (Lipinski definition) is 1. The van der Waals surface area contributed by atoms with Crippen molar-refractivity contribution in [2.24, 2.45) is 0 Å². The third-order valence-corrected chi connectivity index (χ3v) is 5.32. The van der Waals surface area contributed by atoms with Crippen molar-refractivity contribution in [3.8, 4) is 5.88 Å². The van der Waals surface area contributed by atoms with Crippen LogP contribution in [0.3, 0.4) is 0 Å². The molecule has 0 amide bonds. The zero-order valence-electron chi connectivity index (χ0n) is 17.7. The van der Waals surface area contributed by atoms with Gasteiger partial charge in [0.2, 0.25) is 11.7 Å². The van der Waals surface area contributed by atoms with Gasteiger partial charge in [-0.1, -0.05) is 24.3 Å². The molecule has 0 spiro atoms. The summed E-state index contributed by atoms with van der Waals surface area (Å²) in [5.74, 6) is 1.16. The molecule has 0 fully saturated rings. The smallest absolute Gasteiger partial charge is 0.219 e. The summed E-state index contributed by atoms with van der Waals surface area (Å²) in [4.78, 5) is 24.8. The highest BCUT2D eigenvalue weighted by molar-refractivity contribution is 7.11. The molecule has 1 atom stereocenters. The summed E-state index contributed by atoms with van der Waals surface area (Å²) in [7, 11) is 0. The molecule has 0 aliphatic carbocycles. The van der Waals surface area contributed by atoms with Crippen LogP contribution in [0, 0.1) is 13.8 Å². The molecule has 1 N–H and O–H groups in total. The van der Waals surface area contributed by atoms with Crippen molar-refractivity contribution in [3.05, 3.63) is 51.5 Å². The molecule has 0 aliphatic heterocycles. The number of nitrogens with zero attached hydrogens (tertiary/aromatic N) is 5. The Morgan fingerprint density at radius 3 is 2.73 bits per heavy atom. The fourth-order valence-electron chi connectivity index (χ4n) is 2.81. The molecule has 0 radical (unpaired) electrons. The van der Waals surface area contributed by atoms with Crippen LogP contribution < -0.4 is 10.1 Å². The molecule has 3 aromatic heterocycles. The first-order valence-electron chi connectivity index (χ1n) is 9.89. The van der Waals surface area contributed by atoms with Gasteiger partial charge >= 0.3 is 0 Å². The molecule has 30 heavy (non-hydrogen) atoms. The summed E-state index contributed by atoms with van der Waals surface area (Å²) in [6.45, 7) is 8.51. The van der Waals surface area contributed by atoms with Gasteiger partial charge in [0.05, 0.1) is 13.2 Å². The quantitative estimate of drug-likeness (QED) is 0.381. The fraction of sp³-hybridized carbons (Fsp3) is 0.429. The van der Waals surface area contributed by atoms with Gasteiger partial charge in [-0.3, -0.25) is 9.78 Å². The second-order valence-corrected chi connectivity index (χ2v) is 8.46. The van der Waals surface area contributed by atoms with Gasteiger partial charge in [0, 0.05) is 24.9 Å². The van der Waals surface area contributed by atoms with E-state index in [9.17, 15) is 4.79 Å². The second kappa shape index (κ2) is 10.2. The number of carbonyl (C=O) groups is 1. The van der Waals surface area contributed by atoms with E-state index in [0.29, 0.717) is 30.8 Å². The predicted molar refractivity (Wildman–Crippen MR) is 116 cm³/mol. The molecule has 8 nitrogen and oxygen atoms in total. The molecule has 9 heteroatoms. The van der Waals surface area contributed by atoms with Gasteiger partial charge in [0.1, 0.15) is 15.8 Å². The topological polar surface area (TPSA) is 103 Å². The van der Waals surface area contributed by atoms with Crippen LogP contribution in [0.4, 0.5) is 5.82 Å². The highest BCUT2D eigenvalue weighted by Gasteiger charge is 2.11. The summed E-state index contributed by atoms with van der Waals surface area (Å²) < 4.78 is 5.81. The molecule has 0 saturated heterocycles. The zero-order valence-corrected chi connectivity index (χ0v) is 18.5. The summed E-state index contributed by atoms with van der Waals surface area (Å²) in [5.41, 5.74) is 2.24. The van der Waals surface area contributed by atoms with Crippen LogP contribution in [-0.4, -0.2) is 37.5 Å². The molecule has 3 rings (SSSR count). The monoisotopic (exact) mass is 426 g/mol. The van der Waals surface area contributed by atoms with Crippen molar-refractivity contribution in [1.82, 2.24) is 25.1 Å². The van der Waals surface area contributed by atoms with Crippen LogP contribution in [0.15, 0.2) is 24.4 Å². The van der Waals surface area contributed by atoms with E-state index in [1.807, 2.05) is 20.0 Å². The molecule has 3 aromatic rings. The van der Waals surface area contributed by atoms with Crippen LogP contribution >= 0.6 is 11.3 Å². The third-order valence-electron chi connectivity index (χ3n) is 4.48. The van der Waals surface area contributed by atoms with Crippen molar-refractivity contribution in [1.29, 1.82) is 0 Å². The highest BCUT2D eigenvalue weighted by Crippen LogP contribution is 2.20. The lowest BCUT2D eigenvalue weighted by Crippen LogP contribution is -2.10. The maximum atomic E-state index is 11.8. The van der Waals surface area contributed by atoms with Crippen LogP contribution in [0.5, 0.6) is 5.88 Å². The molecule has 0 bridgehead atoms. The molecule has 158 valence electrons. The Labute approximate surface area is 180 Å². The molecule has 0 saturated carbocycles. The molecule has 0 unspecified atom stereocenters. The maximum absolute atomic E-state index is 11.8. The summed E-state index contributed by atoms with van der Waals surface area (Å²) in [6.07, 6.45) is 3.69. The van der Waals surface area contributed by atoms with Crippen LogP contribution in [0.1, 0.15) is 64.5 Å². The number of ketones is 1. The minimum atomic E-state index is -0.214. The number of Topliss-reactive ketones (excluding diaryl/α,β-unsaturated/α-hetero) is 1. The maximum Gasteiger partial charge on any atom is 0.219 e. The van der Waals surface area contributed by atoms with E-state index < -0.39 is 0 Å². The SMILES string of the molecule is CC(=O)c1nc(NCc2nnc(C)s2)cc(OCCC[C@@H](C)c2ccc(C)cn2)n1. The van der Waals surface area contributed by atoms with E-state index >= 15 is 0 Å². The molecule has 0 aromatic carbocycles. The minimum absolute atomic E-state index is 0.126. The van der Waals surface area contributed by atoms with Gasteiger partial charge in [-0.05, 0) is 44.2 Å². The van der Waals surface area contributed by atoms with E-state index in [4.69, 9.17) is 4.74 Å². The van der Waals surface area contributed by atoms with E-state index in [1.54, 1.807) is 6.07 Å². The normalized spacial score (nSPS) is 11.9. The van der Waals surface area contributed by atoms with Gasteiger partial charge in [-0.2, -0.15) is 4.98 Å². The van der Waals surface area contributed by atoms with Crippen molar-refractivity contribution in [2.75, 3.05) is 11.9 Å². The Morgan fingerprint density at radius 2 is 2.07 bits per heavy atom. The molecular weight excluding hydrogens is 400 g/mol. The summed E-state index contributed by atoms with van der Waals surface area (Å²) in [6, 6.07) is 5.85. The average Bonchev–Trinajstić information content (AvgIpc) is 3.15. The lowest BCUT2D eigenvalue weighted by Gasteiger charge is -2.12. The van der Waals surface area contributed by atoms with E-state index in [-0.39, 0.29) is 11.6 Å². The zero-order chi connectivity index (χ0) is 21.5. The average molecular weight is 427 g/mol. The Morgan fingerprint density at radius 1 is 1.23 bits per heavy atom. The van der Waals surface area contributed by atoms with Gasteiger partial charge in [0.25, 0.3) is 0 Å². The van der Waals surface area contributed by atoms with Gasteiger partial charge < -0.3 is 10.1 Å². The number of rotatable bonds is 10. The van der Waals surface area contributed by atoms with Crippen molar-refractivity contribution >= 4 is 22.9 Å². The highest BCUT2D eigenvalue weighted by atomic mass is 32.1. The summed E-state index contributed by atoms with van der Waals surface area (Å²) >= 11 is 1.51. The van der Waals surface area contributed by atoms with Gasteiger partial charge in [0.15, 0.2) is 5.78 Å². The van der Waals surface area contributed by atoms with Crippen molar-refractivity contribution < 1.29 is 9.53 Å². The van der Waals surface area contributed by atoms with Crippen molar-refractivity contribution in [3.63, 3.8) is 0 Å². The van der Waals surface area contributed by atoms with Crippen LogP contribution in [-0.2, 0) is 6.54 Å². The number of nitrogens with one attached hydrogen (secondary N) is 1. The number of ether oxygens (including phenoxy) is 1. The number of anilines is 1. The van der Waals surface area contributed by atoms with Gasteiger partial charge in [-0.25, -0.2) is 4.98 Å². The van der Waals surface area contributed by atoms with Crippen molar-refractivity contribution in [2.45, 2.75) is 53.0 Å². The Hall–Kier alpha value is -2.94. The lowest BCUT2D eigenvalue weighted by atomic mass is 10.0.